The number of anilines is 1. The number of nitrogens with zero attached hydrogens (tertiary/aromatic N) is 1. The van der Waals surface area contributed by atoms with Crippen molar-refractivity contribution in [2.75, 3.05) is 5.32 Å². The first-order chi connectivity index (χ1) is 14.7. The number of nitrogens with one attached hydrogen (secondary N) is 2. The van der Waals surface area contributed by atoms with Gasteiger partial charge >= 0.3 is 0 Å². The summed E-state index contributed by atoms with van der Waals surface area (Å²) in [6.45, 7) is 0.478. The molecule has 1 aromatic heterocycles. The van der Waals surface area contributed by atoms with Gasteiger partial charge in [0.1, 0.15) is 0 Å². The predicted octanol–water partition coefficient (Wildman–Crippen LogP) is 4.46. The van der Waals surface area contributed by atoms with Crippen LogP contribution in [-0.2, 0) is 17.8 Å². The number of pyridine rings is 1. The summed E-state index contributed by atoms with van der Waals surface area (Å²) in [5.41, 5.74) is 4.98. The molecule has 4 rings (SSSR count). The van der Waals surface area contributed by atoms with Gasteiger partial charge in [0.15, 0.2) is 0 Å². The van der Waals surface area contributed by atoms with Crippen molar-refractivity contribution in [2.45, 2.75) is 38.1 Å². The van der Waals surface area contributed by atoms with Crippen molar-refractivity contribution in [3.63, 3.8) is 0 Å². The second-order valence-electron chi connectivity index (χ2n) is 7.66. The van der Waals surface area contributed by atoms with Crippen molar-refractivity contribution in [2.24, 2.45) is 0 Å². The molecule has 30 heavy (non-hydrogen) atoms. The minimum atomic E-state index is -0.175. The molecule has 2 N–H and O–H groups in total. The highest BCUT2D eigenvalue weighted by Gasteiger charge is 2.22. The fourth-order valence-corrected chi connectivity index (χ4v) is 3.98. The Balaban J connectivity index is 1.28. The van der Waals surface area contributed by atoms with E-state index in [-0.39, 0.29) is 11.8 Å². The summed E-state index contributed by atoms with van der Waals surface area (Å²) in [4.78, 5) is 28.6. The molecule has 5 heteroatoms. The summed E-state index contributed by atoms with van der Waals surface area (Å²) < 4.78 is 0. The van der Waals surface area contributed by atoms with Gasteiger partial charge in [-0.3, -0.25) is 14.6 Å². The number of amides is 2. The van der Waals surface area contributed by atoms with Gasteiger partial charge in [-0.15, -0.1) is 0 Å². The van der Waals surface area contributed by atoms with Crippen molar-refractivity contribution in [3.8, 4) is 0 Å². The Bertz CT molecular complexity index is 1020. The zero-order chi connectivity index (χ0) is 20.8. The van der Waals surface area contributed by atoms with E-state index in [1.165, 1.54) is 11.1 Å². The Morgan fingerprint density at radius 1 is 0.967 bits per heavy atom. The van der Waals surface area contributed by atoms with Gasteiger partial charge in [-0.25, -0.2) is 0 Å². The van der Waals surface area contributed by atoms with Gasteiger partial charge < -0.3 is 10.6 Å². The molecule has 2 amide bonds. The van der Waals surface area contributed by atoms with E-state index < -0.39 is 0 Å². The minimum Gasteiger partial charge on any atom is -0.352 e. The monoisotopic (exact) mass is 399 g/mol. The van der Waals surface area contributed by atoms with Crippen LogP contribution in [0.25, 0.3) is 0 Å². The molecule has 0 bridgehead atoms. The summed E-state index contributed by atoms with van der Waals surface area (Å²) in [6.07, 6.45) is 7.02. The van der Waals surface area contributed by atoms with Crippen LogP contribution in [0.4, 0.5) is 5.69 Å². The summed E-state index contributed by atoms with van der Waals surface area (Å²) >= 11 is 0. The van der Waals surface area contributed by atoms with Crippen LogP contribution in [0, 0.1) is 0 Å². The zero-order valence-electron chi connectivity index (χ0n) is 16.8. The van der Waals surface area contributed by atoms with Crippen LogP contribution in [0.1, 0.15) is 52.2 Å². The van der Waals surface area contributed by atoms with Crippen LogP contribution in [-0.4, -0.2) is 16.8 Å². The molecule has 0 aliphatic heterocycles. The molecule has 5 nitrogen and oxygen atoms in total. The highest BCUT2D eigenvalue weighted by atomic mass is 16.2. The number of hydrogen-bond acceptors (Lipinski definition) is 3. The SMILES string of the molecule is O=C(CC1CCCc2ccccc21)NCc1ccc(NC(=O)c2ccncc2)cc1. The molecular weight excluding hydrogens is 374 g/mol. The fraction of sp³-hybridized carbons (Fsp3) is 0.240. The van der Waals surface area contributed by atoms with Gasteiger partial charge in [0.2, 0.25) is 5.91 Å². The number of benzene rings is 2. The molecule has 0 radical (unpaired) electrons. The molecule has 0 spiro atoms. The number of aryl methyl sites for hydroxylation is 1. The third-order valence-corrected chi connectivity index (χ3v) is 5.57. The van der Waals surface area contributed by atoms with E-state index in [1.807, 2.05) is 24.3 Å². The Labute approximate surface area is 176 Å². The van der Waals surface area contributed by atoms with Gasteiger partial charge in [-0.1, -0.05) is 36.4 Å². The topological polar surface area (TPSA) is 71.1 Å². The third-order valence-electron chi connectivity index (χ3n) is 5.57. The highest BCUT2D eigenvalue weighted by Crippen LogP contribution is 2.33. The lowest BCUT2D eigenvalue weighted by atomic mass is 9.81. The van der Waals surface area contributed by atoms with Crippen LogP contribution in [0.15, 0.2) is 73.1 Å². The summed E-state index contributed by atoms with van der Waals surface area (Å²) in [5, 5.41) is 5.89. The normalized spacial score (nSPS) is 15.1. The molecule has 1 unspecified atom stereocenters. The van der Waals surface area contributed by atoms with Gasteiger partial charge in [0.25, 0.3) is 5.91 Å². The molecule has 1 aliphatic rings. The molecule has 2 aromatic carbocycles. The zero-order valence-corrected chi connectivity index (χ0v) is 16.8. The standard InChI is InChI=1S/C25H25N3O2/c29-24(16-21-6-3-5-19-4-1-2-7-23(19)21)27-17-18-8-10-22(11-9-18)28-25(30)20-12-14-26-15-13-20/h1-2,4,7-15,21H,3,5-6,16-17H2,(H,27,29)(H,28,30). The van der Waals surface area contributed by atoms with Crippen LogP contribution < -0.4 is 10.6 Å². The maximum atomic E-state index is 12.5. The van der Waals surface area contributed by atoms with Gasteiger partial charge in [-0.2, -0.15) is 0 Å². The van der Waals surface area contributed by atoms with Crippen molar-refractivity contribution in [1.29, 1.82) is 0 Å². The first-order valence-electron chi connectivity index (χ1n) is 10.3. The van der Waals surface area contributed by atoms with E-state index in [2.05, 4.69) is 39.9 Å². The molecule has 1 aliphatic carbocycles. The van der Waals surface area contributed by atoms with Crippen molar-refractivity contribution in [1.82, 2.24) is 10.3 Å². The Kier molecular flexibility index (Phi) is 6.18. The van der Waals surface area contributed by atoms with Crippen molar-refractivity contribution >= 4 is 17.5 Å². The van der Waals surface area contributed by atoms with E-state index in [9.17, 15) is 9.59 Å². The second-order valence-corrected chi connectivity index (χ2v) is 7.66. The van der Waals surface area contributed by atoms with Crippen LogP contribution >= 0.6 is 0 Å². The van der Waals surface area contributed by atoms with E-state index in [1.54, 1.807) is 24.5 Å². The van der Waals surface area contributed by atoms with Crippen LogP contribution in [0.2, 0.25) is 0 Å². The lowest BCUT2D eigenvalue weighted by Crippen LogP contribution is -2.25. The molecule has 152 valence electrons. The summed E-state index contributed by atoms with van der Waals surface area (Å²) in [7, 11) is 0. The average Bonchev–Trinajstić information content (AvgIpc) is 2.79. The third kappa shape index (κ3) is 4.92. The lowest BCUT2D eigenvalue weighted by molar-refractivity contribution is -0.121. The second kappa shape index (κ2) is 9.35. The number of hydrogen-bond donors (Lipinski definition) is 2. The Hall–Kier alpha value is -3.47. The lowest BCUT2D eigenvalue weighted by Gasteiger charge is -2.25. The molecule has 1 atom stereocenters. The Morgan fingerprint density at radius 2 is 1.73 bits per heavy atom. The molecule has 0 saturated carbocycles. The molecule has 0 fully saturated rings. The molecule has 1 heterocycles. The minimum absolute atomic E-state index is 0.0757. The number of rotatable bonds is 6. The Morgan fingerprint density at radius 3 is 2.53 bits per heavy atom. The van der Waals surface area contributed by atoms with E-state index in [0.29, 0.717) is 30.1 Å². The van der Waals surface area contributed by atoms with Crippen LogP contribution in [0.5, 0.6) is 0 Å². The number of aromatic nitrogens is 1. The maximum Gasteiger partial charge on any atom is 0.255 e. The fourth-order valence-electron chi connectivity index (χ4n) is 3.98. The van der Waals surface area contributed by atoms with Gasteiger partial charge in [0, 0.05) is 36.6 Å². The maximum absolute atomic E-state index is 12.5. The number of carbonyl (C=O) groups is 2. The first-order valence-corrected chi connectivity index (χ1v) is 10.3. The molecular formula is C25H25N3O2. The quantitative estimate of drug-likeness (QED) is 0.643. The van der Waals surface area contributed by atoms with E-state index in [0.717, 1.165) is 24.8 Å². The summed E-state index contributed by atoms with van der Waals surface area (Å²) in [5.74, 6) is 0.207. The summed E-state index contributed by atoms with van der Waals surface area (Å²) in [6, 6.07) is 19.3. The predicted molar refractivity (Wildman–Crippen MR) is 117 cm³/mol. The van der Waals surface area contributed by atoms with Crippen molar-refractivity contribution in [3.05, 3.63) is 95.3 Å². The highest BCUT2D eigenvalue weighted by molar-refractivity contribution is 6.04. The first kappa shape index (κ1) is 19.8. The van der Waals surface area contributed by atoms with Gasteiger partial charge in [-0.05, 0) is 66.1 Å². The van der Waals surface area contributed by atoms with E-state index in [4.69, 9.17) is 0 Å². The average molecular weight is 399 g/mol. The number of carbonyl (C=O) groups excluding carboxylic acids is 2. The van der Waals surface area contributed by atoms with Gasteiger partial charge in [0.05, 0.1) is 0 Å². The van der Waals surface area contributed by atoms with E-state index >= 15 is 0 Å². The number of fused-ring (bicyclic) bond motifs is 1. The molecule has 3 aromatic rings. The largest absolute Gasteiger partial charge is 0.352 e. The smallest absolute Gasteiger partial charge is 0.255 e. The van der Waals surface area contributed by atoms with Crippen molar-refractivity contribution < 1.29 is 9.59 Å². The van der Waals surface area contributed by atoms with Crippen LogP contribution in [0.3, 0.4) is 0 Å². The molecule has 0 saturated heterocycles.